The van der Waals surface area contributed by atoms with Crippen LogP contribution in [0.2, 0.25) is 0 Å². The van der Waals surface area contributed by atoms with E-state index in [4.69, 9.17) is 4.74 Å². The van der Waals surface area contributed by atoms with E-state index in [-0.39, 0.29) is 5.91 Å². The smallest absolute Gasteiger partial charge is 0.268 e. The highest BCUT2D eigenvalue weighted by atomic mass is 16.5. The number of amides is 1. The average molecular weight is 339 g/mol. The Kier molecular flexibility index (Phi) is 3.88. The van der Waals surface area contributed by atoms with Crippen molar-refractivity contribution in [3.8, 4) is 11.4 Å². The number of benzene rings is 1. The lowest BCUT2D eigenvalue weighted by atomic mass is 10.1. The van der Waals surface area contributed by atoms with Crippen LogP contribution >= 0.6 is 0 Å². The van der Waals surface area contributed by atoms with Crippen LogP contribution in [0.25, 0.3) is 5.69 Å². The van der Waals surface area contributed by atoms with Gasteiger partial charge in [0.2, 0.25) is 0 Å². The largest absolute Gasteiger partial charge is 0.481 e. The van der Waals surface area contributed by atoms with Crippen molar-refractivity contribution in [3.63, 3.8) is 0 Å². The van der Waals surface area contributed by atoms with Crippen LogP contribution in [0.4, 0.5) is 5.69 Å². The van der Waals surface area contributed by atoms with Crippen molar-refractivity contribution in [3.05, 3.63) is 43.0 Å². The molecule has 0 spiro atoms. The van der Waals surface area contributed by atoms with E-state index in [1.54, 1.807) is 20.5 Å². The molecule has 0 radical (unpaired) electrons. The molecular formula is C16H17N7O2. The lowest BCUT2D eigenvalue weighted by Gasteiger charge is -2.31. The molecule has 4 rings (SSSR count). The van der Waals surface area contributed by atoms with E-state index < -0.39 is 6.10 Å². The summed E-state index contributed by atoms with van der Waals surface area (Å²) in [4.78, 5) is 14.5. The fourth-order valence-electron chi connectivity index (χ4n) is 2.88. The third-order valence-corrected chi connectivity index (χ3v) is 4.12. The Morgan fingerprint density at radius 1 is 1.20 bits per heavy atom. The minimum atomic E-state index is -0.493. The van der Waals surface area contributed by atoms with Crippen molar-refractivity contribution in [2.45, 2.75) is 18.9 Å². The SMILES string of the molecule is Cn1cc(N2CCCC(Oc3ccc(-n4cnnn4)cc3)C2=O)cn1. The minimum absolute atomic E-state index is 0.0381. The molecule has 1 aromatic carbocycles. The van der Waals surface area contributed by atoms with Gasteiger partial charge in [-0.15, -0.1) is 5.10 Å². The van der Waals surface area contributed by atoms with Crippen LogP contribution in [0.5, 0.6) is 5.75 Å². The van der Waals surface area contributed by atoms with Crippen molar-refractivity contribution in [1.29, 1.82) is 0 Å². The molecule has 9 nitrogen and oxygen atoms in total. The lowest BCUT2D eigenvalue weighted by Crippen LogP contribution is -2.46. The Morgan fingerprint density at radius 3 is 2.72 bits per heavy atom. The molecule has 2 aromatic heterocycles. The van der Waals surface area contributed by atoms with Gasteiger partial charge in [-0.05, 0) is 47.5 Å². The first-order valence-electron chi connectivity index (χ1n) is 8.01. The van der Waals surface area contributed by atoms with E-state index in [2.05, 4.69) is 20.6 Å². The second-order valence-corrected chi connectivity index (χ2v) is 5.86. The number of anilines is 1. The van der Waals surface area contributed by atoms with Gasteiger partial charge in [0.15, 0.2) is 6.10 Å². The zero-order chi connectivity index (χ0) is 17.2. The number of ether oxygens (including phenoxy) is 1. The highest BCUT2D eigenvalue weighted by Crippen LogP contribution is 2.24. The van der Waals surface area contributed by atoms with Gasteiger partial charge in [-0.1, -0.05) is 0 Å². The molecule has 25 heavy (non-hydrogen) atoms. The number of hydrogen-bond acceptors (Lipinski definition) is 6. The maximum atomic E-state index is 12.7. The quantitative estimate of drug-likeness (QED) is 0.703. The van der Waals surface area contributed by atoms with Crippen LogP contribution in [0.3, 0.4) is 0 Å². The predicted molar refractivity (Wildman–Crippen MR) is 88.4 cm³/mol. The van der Waals surface area contributed by atoms with Crippen LogP contribution in [0.15, 0.2) is 43.0 Å². The Hall–Kier alpha value is -3.23. The maximum absolute atomic E-state index is 12.7. The van der Waals surface area contributed by atoms with Crippen LogP contribution in [0, 0.1) is 0 Å². The number of piperidine rings is 1. The monoisotopic (exact) mass is 339 g/mol. The average Bonchev–Trinajstić information content (AvgIpc) is 3.29. The first-order chi connectivity index (χ1) is 12.2. The molecule has 3 aromatic rings. The molecule has 0 saturated carbocycles. The Balaban J connectivity index is 1.47. The molecule has 9 heteroatoms. The summed E-state index contributed by atoms with van der Waals surface area (Å²) < 4.78 is 9.16. The Labute approximate surface area is 143 Å². The molecule has 1 aliphatic rings. The van der Waals surface area contributed by atoms with E-state index in [9.17, 15) is 4.79 Å². The van der Waals surface area contributed by atoms with Gasteiger partial charge >= 0.3 is 0 Å². The Bertz CT molecular complexity index is 857. The van der Waals surface area contributed by atoms with Gasteiger partial charge in [0.05, 0.1) is 17.6 Å². The molecule has 0 N–H and O–H groups in total. The molecule has 0 bridgehead atoms. The van der Waals surface area contributed by atoms with Crippen LogP contribution in [-0.4, -0.2) is 48.5 Å². The summed E-state index contributed by atoms with van der Waals surface area (Å²) in [5.41, 5.74) is 1.62. The maximum Gasteiger partial charge on any atom is 0.268 e. The molecule has 128 valence electrons. The van der Waals surface area contributed by atoms with Crippen LogP contribution in [0.1, 0.15) is 12.8 Å². The highest BCUT2D eigenvalue weighted by molar-refractivity contribution is 5.97. The van der Waals surface area contributed by atoms with Crippen molar-refractivity contribution >= 4 is 11.6 Å². The standard InChI is InChI=1S/C16H17N7O2/c1-21-10-13(9-18-21)22-8-2-3-15(16(22)24)25-14-6-4-12(5-7-14)23-11-17-19-20-23/h4-7,9-11,15H,2-3,8H2,1H3. The van der Waals surface area contributed by atoms with Crippen LogP contribution < -0.4 is 9.64 Å². The fourth-order valence-corrected chi connectivity index (χ4v) is 2.88. The van der Waals surface area contributed by atoms with Gasteiger partial charge in [-0.3, -0.25) is 9.48 Å². The van der Waals surface area contributed by atoms with Gasteiger partial charge < -0.3 is 9.64 Å². The third kappa shape index (κ3) is 3.08. The highest BCUT2D eigenvalue weighted by Gasteiger charge is 2.31. The number of hydrogen-bond donors (Lipinski definition) is 0. The zero-order valence-electron chi connectivity index (χ0n) is 13.7. The number of nitrogens with zero attached hydrogens (tertiary/aromatic N) is 7. The van der Waals surface area contributed by atoms with Crippen molar-refractivity contribution in [2.24, 2.45) is 7.05 Å². The van der Waals surface area contributed by atoms with Crippen LogP contribution in [-0.2, 0) is 11.8 Å². The number of carbonyl (C=O) groups excluding carboxylic acids is 1. The summed E-state index contributed by atoms with van der Waals surface area (Å²) in [6.07, 6.45) is 6.14. The van der Waals surface area contributed by atoms with Crippen molar-refractivity contribution in [2.75, 3.05) is 11.4 Å². The summed E-state index contributed by atoms with van der Waals surface area (Å²) in [5, 5.41) is 15.2. The molecule has 3 heterocycles. The topological polar surface area (TPSA) is 91.0 Å². The molecule has 1 unspecified atom stereocenters. The number of aryl methyl sites for hydroxylation is 1. The second-order valence-electron chi connectivity index (χ2n) is 5.86. The molecule has 1 atom stereocenters. The summed E-state index contributed by atoms with van der Waals surface area (Å²) in [6, 6.07) is 7.32. The summed E-state index contributed by atoms with van der Waals surface area (Å²) in [6.45, 7) is 0.683. The van der Waals surface area contributed by atoms with E-state index >= 15 is 0 Å². The first kappa shape index (κ1) is 15.3. The van der Waals surface area contributed by atoms with E-state index in [0.29, 0.717) is 18.7 Å². The van der Waals surface area contributed by atoms with E-state index in [0.717, 1.165) is 17.8 Å². The van der Waals surface area contributed by atoms with E-state index in [1.807, 2.05) is 37.5 Å². The molecule has 0 aliphatic carbocycles. The first-order valence-corrected chi connectivity index (χ1v) is 8.01. The third-order valence-electron chi connectivity index (χ3n) is 4.12. The van der Waals surface area contributed by atoms with Crippen molar-refractivity contribution < 1.29 is 9.53 Å². The number of tetrazole rings is 1. The number of aromatic nitrogens is 6. The van der Waals surface area contributed by atoms with Crippen molar-refractivity contribution in [1.82, 2.24) is 30.0 Å². The summed E-state index contributed by atoms with van der Waals surface area (Å²) >= 11 is 0. The normalized spacial score (nSPS) is 17.7. The Morgan fingerprint density at radius 2 is 2.04 bits per heavy atom. The fraction of sp³-hybridized carbons (Fsp3) is 0.312. The summed E-state index contributed by atoms with van der Waals surface area (Å²) in [7, 11) is 1.83. The molecular weight excluding hydrogens is 322 g/mol. The summed E-state index contributed by atoms with van der Waals surface area (Å²) in [5.74, 6) is 0.604. The molecule has 1 saturated heterocycles. The van der Waals surface area contributed by atoms with Gasteiger partial charge in [-0.25, -0.2) is 4.68 Å². The minimum Gasteiger partial charge on any atom is -0.481 e. The molecule has 1 amide bonds. The van der Waals surface area contributed by atoms with Gasteiger partial charge in [0.25, 0.3) is 5.91 Å². The van der Waals surface area contributed by atoms with Gasteiger partial charge in [-0.2, -0.15) is 5.10 Å². The lowest BCUT2D eigenvalue weighted by molar-refractivity contribution is -0.126. The molecule has 1 aliphatic heterocycles. The zero-order valence-corrected chi connectivity index (χ0v) is 13.7. The second kappa shape index (κ2) is 6.34. The van der Waals surface area contributed by atoms with Gasteiger partial charge in [0, 0.05) is 19.8 Å². The number of rotatable bonds is 4. The van der Waals surface area contributed by atoms with Gasteiger partial charge in [0.1, 0.15) is 12.1 Å². The van der Waals surface area contributed by atoms with E-state index in [1.165, 1.54) is 6.33 Å². The molecule has 1 fully saturated rings. The predicted octanol–water partition coefficient (Wildman–Crippen LogP) is 0.970. The number of carbonyl (C=O) groups is 1.